The summed E-state index contributed by atoms with van der Waals surface area (Å²) >= 11 is 6.08. The highest BCUT2D eigenvalue weighted by Gasteiger charge is 2.02. The Balaban J connectivity index is 2.07. The van der Waals surface area contributed by atoms with Crippen LogP contribution >= 0.6 is 11.6 Å². The smallest absolute Gasteiger partial charge is 0.0716 e. The number of halogens is 1. The molecule has 0 aliphatic heterocycles. The highest BCUT2D eigenvalue weighted by atomic mass is 35.5. The van der Waals surface area contributed by atoms with Crippen LogP contribution < -0.4 is 0 Å². The van der Waals surface area contributed by atoms with Crippen molar-refractivity contribution < 1.29 is 4.74 Å². The molecule has 0 heterocycles. The van der Waals surface area contributed by atoms with Gasteiger partial charge in [-0.2, -0.15) is 0 Å². The Labute approximate surface area is 97.4 Å². The van der Waals surface area contributed by atoms with E-state index in [1.165, 1.54) is 5.56 Å². The van der Waals surface area contributed by atoms with E-state index in [0.29, 0.717) is 6.61 Å². The molecule has 1 unspecified atom stereocenters. The van der Waals surface area contributed by atoms with Gasteiger partial charge < -0.3 is 4.74 Å². The molecular weight excluding hydrogens is 208 g/mol. The Hall–Kier alpha value is -0.530. The minimum atomic E-state index is 0.269. The molecule has 0 fully saturated rings. The zero-order valence-corrected chi connectivity index (χ0v) is 10.0. The molecular formula is C13H19ClO. The molecule has 1 aromatic rings. The molecule has 0 amide bonds. The predicted molar refractivity (Wildman–Crippen MR) is 65.3 cm³/mol. The van der Waals surface area contributed by atoms with Gasteiger partial charge in [0.05, 0.1) is 6.61 Å². The van der Waals surface area contributed by atoms with E-state index >= 15 is 0 Å². The van der Waals surface area contributed by atoms with Gasteiger partial charge in [-0.1, -0.05) is 43.7 Å². The van der Waals surface area contributed by atoms with Gasteiger partial charge in [-0.25, -0.2) is 0 Å². The van der Waals surface area contributed by atoms with Gasteiger partial charge in [-0.05, 0) is 18.4 Å². The molecule has 15 heavy (non-hydrogen) atoms. The van der Waals surface area contributed by atoms with E-state index in [4.69, 9.17) is 16.3 Å². The maximum absolute atomic E-state index is 6.08. The summed E-state index contributed by atoms with van der Waals surface area (Å²) in [5, 5.41) is 0.269. The van der Waals surface area contributed by atoms with Crippen LogP contribution in [0.2, 0.25) is 0 Å². The number of ether oxygens (including phenoxy) is 1. The van der Waals surface area contributed by atoms with Crippen LogP contribution in [0.4, 0.5) is 0 Å². The first-order chi connectivity index (χ1) is 7.33. The zero-order chi connectivity index (χ0) is 10.9. The summed E-state index contributed by atoms with van der Waals surface area (Å²) in [7, 11) is 0. The lowest BCUT2D eigenvalue weighted by Crippen LogP contribution is -2.04. The third kappa shape index (κ3) is 5.81. The molecule has 1 atom stereocenters. The summed E-state index contributed by atoms with van der Waals surface area (Å²) in [5.74, 6) is 0. The van der Waals surface area contributed by atoms with Crippen LogP contribution in [0.5, 0.6) is 0 Å². The molecule has 0 saturated carbocycles. The van der Waals surface area contributed by atoms with Crippen LogP contribution in [0.15, 0.2) is 30.3 Å². The van der Waals surface area contributed by atoms with E-state index in [9.17, 15) is 0 Å². The van der Waals surface area contributed by atoms with Gasteiger partial charge in [0.15, 0.2) is 0 Å². The zero-order valence-electron chi connectivity index (χ0n) is 9.29. The third-order valence-electron chi connectivity index (χ3n) is 2.29. The normalized spacial score (nSPS) is 12.7. The second kappa shape index (κ2) is 7.72. The topological polar surface area (TPSA) is 9.23 Å². The number of alkyl halides is 1. The van der Waals surface area contributed by atoms with Crippen molar-refractivity contribution in [2.75, 3.05) is 6.61 Å². The largest absolute Gasteiger partial charge is 0.377 e. The van der Waals surface area contributed by atoms with Crippen molar-refractivity contribution in [1.82, 2.24) is 0 Å². The minimum absolute atomic E-state index is 0.269. The van der Waals surface area contributed by atoms with Crippen molar-refractivity contribution in [3.05, 3.63) is 35.9 Å². The maximum atomic E-state index is 6.08. The Kier molecular flexibility index (Phi) is 6.45. The Bertz CT molecular complexity index is 248. The Morgan fingerprint density at radius 3 is 2.60 bits per heavy atom. The van der Waals surface area contributed by atoms with Crippen LogP contribution in [0.1, 0.15) is 31.7 Å². The van der Waals surface area contributed by atoms with Crippen LogP contribution in [0.25, 0.3) is 0 Å². The van der Waals surface area contributed by atoms with Gasteiger partial charge in [0.25, 0.3) is 0 Å². The van der Waals surface area contributed by atoms with Crippen molar-refractivity contribution in [3.8, 4) is 0 Å². The predicted octanol–water partition coefficient (Wildman–Crippen LogP) is 4.00. The fraction of sp³-hybridized carbons (Fsp3) is 0.538. The third-order valence-corrected chi connectivity index (χ3v) is 2.73. The fourth-order valence-electron chi connectivity index (χ4n) is 1.43. The van der Waals surface area contributed by atoms with Crippen molar-refractivity contribution in [3.63, 3.8) is 0 Å². The van der Waals surface area contributed by atoms with Gasteiger partial charge in [0.1, 0.15) is 0 Å². The first kappa shape index (κ1) is 12.5. The Morgan fingerprint density at radius 2 is 1.93 bits per heavy atom. The molecule has 0 saturated heterocycles. The van der Waals surface area contributed by atoms with E-state index < -0.39 is 0 Å². The SMILES string of the molecule is CCCC(Cl)CCOCc1ccccc1. The molecule has 0 aromatic heterocycles. The molecule has 2 heteroatoms. The number of rotatable bonds is 7. The summed E-state index contributed by atoms with van der Waals surface area (Å²) in [6.45, 7) is 3.60. The molecule has 0 N–H and O–H groups in total. The lowest BCUT2D eigenvalue weighted by molar-refractivity contribution is 0.117. The van der Waals surface area contributed by atoms with E-state index in [2.05, 4.69) is 19.1 Å². The van der Waals surface area contributed by atoms with E-state index in [-0.39, 0.29) is 5.38 Å². The lowest BCUT2D eigenvalue weighted by Gasteiger charge is -2.08. The molecule has 0 bridgehead atoms. The van der Waals surface area contributed by atoms with Crippen molar-refractivity contribution in [2.24, 2.45) is 0 Å². The van der Waals surface area contributed by atoms with Gasteiger partial charge in [-0.15, -0.1) is 11.6 Å². The molecule has 1 aromatic carbocycles. The lowest BCUT2D eigenvalue weighted by atomic mass is 10.2. The van der Waals surface area contributed by atoms with Gasteiger partial charge >= 0.3 is 0 Å². The van der Waals surface area contributed by atoms with Crippen LogP contribution in [0.3, 0.4) is 0 Å². The van der Waals surface area contributed by atoms with Gasteiger partial charge in [0.2, 0.25) is 0 Å². The second-order valence-corrected chi connectivity index (χ2v) is 4.33. The first-order valence-electron chi connectivity index (χ1n) is 5.58. The molecule has 0 radical (unpaired) electrons. The molecule has 0 aliphatic rings. The number of hydrogen-bond donors (Lipinski definition) is 0. The van der Waals surface area contributed by atoms with Gasteiger partial charge in [-0.3, -0.25) is 0 Å². The molecule has 84 valence electrons. The van der Waals surface area contributed by atoms with Crippen molar-refractivity contribution in [1.29, 1.82) is 0 Å². The van der Waals surface area contributed by atoms with E-state index in [0.717, 1.165) is 25.9 Å². The quantitative estimate of drug-likeness (QED) is 0.505. The van der Waals surface area contributed by atoms with E-state index in [1.54, 1.807) is 0 Å². The summed E-state index contributed by atoms with van der Waals surface area (Å²) in [6, 6.07) is 10.2. The van der Waals surface area contributed by atoms with E-state index in [1.807, 2.05) is 18.2 Å². The summed E-state index contributed by atoms with van der Waals surface area (Å²) in [6.07, 6.45) is 3.17. The van der Waals surface area contributed by atoms with Gasteiger partial charge in [0, 0.05) is 12.0 Å². The van der Waals surface area contributed by atoms with Crippen LogP contribution in [-0.4, -0.2) is 12.0 Å². The van der Waals surface area contributed by atoms with Crippen molar-refractivity contribution in [2.45, 2.75) is 38.2 Å². The molecule has 0 spiro atoms. The first-order valence-corrected chi connectivity index (χ1v) is 6.02. The summed E-state index contributed by atoms with van der Waals surface area (Å²) in [4.78, 5) is 0. The fourth-order valence-corrected chi connectivity index (χ4v) is 1.74. The number of benzene rings is 1. The summed E-state index contributed by atoms with van der Waals surface area (Å²) in [5.41, 5.74) is 1.22. The molecule has 0 aliphatic carbocycles. The average molecular weight is 227 g/mol. The minimum Gasteiger partial charge on any atom is -0.377 e. The monoisotopic (exact) mass is 226 g/mol. The maximum Gasteiger partial charge on any atom is 0.0716 e. The van der Waals surface area contributed by atoms with Crippen LogP contribution in [0, 0.1) is 0 Å². The van der Waals surface area contributed by atoms with Crippen LogP contribution in [-0.2, 0) is 11.3 Å². The molecule has 1 nitrogen and oxygen atoms in total. The number of hydrogen-bond acceptors (Lipinski definition) is 1. The molecule has 1 rings (SSSR count). The van der Waals surface area contributed by atoms with Crippen molar-refractivity contribution >= 4 is 11.6 Å². The highest BCUT2D eigenvalue weighted by Crippen LogP contribution is 2.10. The standard InChI is InChI=1S/C13H19ClO/c1-2-6-13(14)9-10-15-11-12-7-4-3-5-8-12/h3-5,7-8,13H,2,6,9-11H2,1H3. The Morgan fingerprint density at radius 1 is 1.20 bits per heavy atom. The second-order valence-electron chi connectivity index (χ2n) is 3.71. The average Bonchev–Trinajstić information content (AvgIpc) is 2.26. The summed E-state index contributed by atoms with van der Waals surface area (Å²) < 4.78 is 5.55. The highest BCUT2D eigenvalue weighted by molar-refractivity contribution is 6.20.